The van der Waals surface area contributed by atoms with Gasteiger partial charge in [-0.1, -0.05) is 6.07 Å². The van der Waals surface area contributed by atoms with Gasteiger partial charge < -0.3 is 4.74 Å². The van der Waals surface area contributed by atoms with Crippen LogP contribution in [0.25, 0.3) is 0 Å². The number of carbonyl (C=O) groups excluding carboxylic acids is 1. The van der Waals surface area contributed by atoms with Crippen LogP contribution in [0.2, 0.25) is 0 Å². The lowest BCUT2D eigenvalue weighted by Crippen LogP contribution is -2.02. The van der Waals surface area contributed by atoms with Crippen molar-refractivity contribution in [2.24, 2.45) is 0 Å². The largest absolute Gasteiger partial charge is 0.469 e. The molecular formula is C10H12O2S2. The van der Waals surface area contributed by atoms with E-state index in [9.17, 15) is 4.79 Å². The lowest BCUT2D eigenvalue weighted by Gasteiger charge is -2.04. The molecule has 4 heteroatoms. The van der Waals surface area contributed by atoms with Crippen LogP contribution in [0.4, 0.5) is 0 Å². The molecule has 0 saturated carbocycles. The van der Waals surface area contributed by atoms with Crippen molar-refractivity contribution in [3.63, 3.8) is 0 Å². The maximum atomic E-state index is 10.9. The standard InChI is InChI=1S/C10H12O2S2/c1-12-10(11)5-3-7-2-4-8(13)6-9(7)14/h2,4,6,13-14H,3,5H2,1H3. The number of benzene rings is 1. The Morgan fingerprint density at radius 1 is 1.43 bits per heavy atom. The third kappa shape index (κ3) is 3.27. The SMILES string of the molecule is COC(=O)CCc1ccc(S)cc1S. The second kappa shape index (κ2) is 5.32. The van der Waals surface area contributed by atoms with Crippen molar-refractivity contribution in [2.45, 2.75) is 22.6 Å². The minimum absolute atomic E-state index is 0.201. The summed E-state index contributed by atoms with van der Waals surface area (Å²) in [5.74, 6) is -0.201. The highest BCUT2D eigenvalue weighted by molar-refractivity contribution is 7.81. The summed E-state index contributed by atoms with van der Waals surface area (Å²) in [7, 11) is 1.39. The highest BCUT2D eigenvalue weighted by atomic mass is 32.1. The second-order valence-corrected chi connectivity index (χ2v) is 3.89. The van der Waals surface area contributed by atoms with Gasteiger partial charge in [-0.05, 0) is 24.1 Å². The minimum Gasteiger partial charge on any atom is -0.469 e. The van der Waals surface area contributed by atoms with Gasteiger partial charge in [0.2, 0.25) is 0 Å². The smallest absolute Gasteiger partial charge is 0.305 e. The summed E-state index contributed by atoms with van der Waals surface area (Å²) in [6.45, 7) is 0. The molecule has 0 aliphatic carbocycles. The molecule has 2 nitrogen and oxygen atoms in total. The maximum Gasteiger partial charge on any atom is 0.305 e. The average Bonchev–Trinajstić information content (AvgIpc) is 2.16. The van der Waals surface area contributed by atoms with Crippen molar-refractivity contribution < 1.29 is 9.53 Å². The average molecular weight is 228 g/mol. The van der Waals surface area contributed by atoms with Gasteiger partial charge in [-0.3, -0.25) is 4.79 Å². The molecule has 0 spiro atoms. The number of aryl methyl sites for hydroxylation is 1. The highest BCUT2D eigenvalue weighted by Gasteiger charge is 2.04. The summed E-state index contributed by atoms with van der Waals surface area (Å²) in [5.41, 5.74) is 1.04. The Morgan fingerprint density at radius 3 is 2.71 bits per heavy atom. The molecule has 1 rings (SSSR count). The van der Waals surface area contributed by atoms with Gasteiger partial charge in [0.25, 0.3) is 0 Å². The second-order valence-electron chi connectivity index (χ2n) is 2.89. The Hall–Kier alpha value is -0.610. The first kappa shape index (κ1) is 11.5. The van der Waals surface area contributed by atoms with Gasteiger partial charge in [0.05, 0.1) is 7.11 Å². The molecule has 0 aliphatic rings. The quantitative estimate of drug-likeness (QED) is 0.613. The molecule has 1 aromatic rings. The Kier molecular flexibility index (Phi) is 4.35. The van der Waals surface area contributed by atoms with Gasteiger partial charge in [-0.25, -0.2) is 0 Å². The van der Waals surface area contributed by atoms with Crippen LogP contribution in [0.1, 0.15) is 12.0 Å². The van der Waals surface area contributed by atoms with Gasteiger partial charge in [0, 0.05) is 16.2 Å². The van der Waals surface area contributed by atoms with E-state index in [1.54, 1.807) is 0 Å². The molecular weight excluding hydrogens is 216 g/mol. The van der Waals surface area contributed by atoms with Crippen molar-refractivity contribution in [1.82, 2.24) is 0 Å². The molecule has 76 valence electrons. The number of thiol groups is 2. The van der Waals surface area contributed by atoms with Gasteiger partial charge >= 0.3 is 5.97 Å². The number of hydrogen-bond donors (Lipinski definition) is 2. The molecule has 1 aromatic carbocycles. The molecule has 0 unspecified atom stereocenters. The van der Waals surface area contributed by atoms with Crippen LogP contribution in [0.3, 0.4) is 0 Å². The predicted octanol–water partition coefficient (Wildman–Crippen LogP) is 2.37. The van der Waals surface area contributed by atoms with Crippen molar-refractivity contribution in [1.29, 1.82) is 0 Å². The van der Waals surface area contributed by atoms with Crippen molar-refractivity contribution in [3.05, 3.63) is 23.8 Å². The third-order valence-electron chi connectivity index (χ3n) is 1.90. The van der Waals surface area contributed by atoms with E-state index in [-0.39, 0.29) is 5.97 Å². The van der Waals surface area contributed by atoms with Gasteiger partial charge in [0.15, 0.2) is 0 Å². The van der Waals surface area contributed by atoms with Crippen LogP contribution in [-0.2, 0) is 16.0 Å². The fraction of sp³-hybridized carbons (Fsp3) is 0.300. The summed E-state index contributed by atoms with van der Waals surface area (Å²) >= 11 is 8.49. The third-order valence-corrected chi connectivity index (χ3v) is 2.59. The molecule has 0 saturated heterocycles. The van der Waals surface area contributed by atoms with Gasteiger partial charge in [0.1, 0.15) is 0 Å². The van der Waals surface area contributed by atoms with E-state index in [0.29, 0.717) is 12.8 Å². The molecule has 14 heavy (non-hydrogen) atoms. The van der Waals surface area contributed by atoms with Crippen LogP contribution in [0, 0.1) is 0 Å². The first-order valence-corrected chi connectivity index (χ1v) is 5.10. The lowest BCUT2D eigenvalue weighted by atomic mass is 10.1. The topological polar surface area (TPSA) is 26.3 Å². The minimum atomic E-state index is -0.201. The monoisotopic (exact) mass is 228 g/mol. The van der Waals surface area contributed by atoms with E-state index < -0.39 is 0 Å². The summed E-state index contributed by atoms with van der Waals surface area (Å²) < 4.78 is 4.56. The van der Waals surface area contributed by atoms with Crippen molar-refractivity contribution in [3.8, 4) is 0 Å². The van der Waals surface area contributed by atoms with E-state index in [2.05, 4.69) is 30.0 Å². The highest BCUT2D eigenvalue weighted by Crippen LogP contribution is 2.19. The summed E-state index contributed by atoms with van der Waals surface area (Å²) in [5, 5.41) is 0. The Bertz CT molecular complexity index is 337. The lowest BCUT2D eigenvalue weighted by molar-refractivity contribution is -0.140. The van der Waals surface area contributed by atoms with E-state index >= 15 is 0 Å². The van der Waals surface area contributed by atoms with E-state index in [1.807, 2.05) is 18.2 Å². The Labute approximate surface area is 94.5 Å². The number of hydrogen-bond acceptors (Lipinski definition) is 4. The zero-order chi connectivity index (χ0) is 10.6. The first-order valence-electron chi connectivity index (χ1n) is 4.21. The molecule has 0 bridgehead atoms. The number of esters is 1. The predicted molar refractivity (Wildman–Crippen MR) is 61.3 cm³/mol. The number of rotatable bonds is 3. The van der Waals surface area contributed by atoms with E-state index in [4.69, 9.17) is 0 Å². The molecule has 0 N–H and O–H groups in total. The molecule has 0 aliphatic heterocycles. The Balaban J connectivity index is 2.63. The van der Waals surface area contributed by atoms with Crippen LogP contribution < -0.4 is 0 Å². The van der Waals surface area contributed by atoms with Crippen LogP contribution in [-0.4, -0.2) is 13.1 Å². The molecule has 0 atom stereocenters. The van der Waals surface area contributed by atoms with E-state index in [1.165, 1.54) is 7.11 Å². The Morgan fingerprint density at radius 2 is 2.14 bits per heavy atom. The normalized spacial score (nSPS) is 9.93. The first-order chi connectivity index (χ1) is 6.63. The van der Waals surface area contributed by atoms with Gasteiger partial charge in [-0.2, -0.15) is 0 Å². The molecule has 0 fully saturated rings. The van der Waals surface area contributed by atoms with Crippen LogP contribution in [0.5, 0.6) is 0 Å². The molecule has 0 amide bonds. The summed E-state index contributed by atoms with van der Waals surface area (Å²) in [6.07, 6.45) is 1.04. The van der Waals surface area contributed by atoms with Crippen molar-refractivity contribution in [2.75, 3.05) is 7.11 Å². The molecule has 0 heterocycles. The fourth-order valence-electron chi connectivity index (χ4n) is 1.10. The fourth-order valence-corrected chi connectivity index (χ4v) is 1.73. The number of ether oxygens (including phenoxy) is 1. The molecule has 0 aromatic heterocycles. The zero-order valence-electron chi connectivity index (χ0n) is 7.86. The van der Waals surface area contributed by atoms with Crippen LogP contribution >= 0.6 is 25.3 Å². The number of carbonyl (C=O) groups is 1. The molecule has 0 radical (unpaired) electrons. The van der Waals surface area contributed by atoms with E-state index in [0.717, 1.165) is 15.4 Å². The summed E-state index contributed by atoms with van der Waals surface area (Å²) in [4.78, 5) is 12.6. The summed E-state index contributed by atoms with van der Waals surface area (Å²) in [6, 6.07) is 5.67. The maximum absolute atomic E-state index is 10.9. The number of methoxy groups -OCH3 is 1. The van der Waals surface area contributed by atoms with Gasteiger partial charge in [-0.15, -0.1) is 25.3 Å². The van der Waals surface area contributed by atoms with Crippen molar-refractivity contribution >= 4 is 31.2 Å². The van der Waals surface area contributed by atoms with Crippen LogP contribution in [0.15, 0.2) is 28.0 Å². The zero-order valence-corrected chi connectivity index (χ0v) is 9.65.